The molecule has 1 atom stereocenters. The molecular weight excluding hydrogens is 657 g/mol. The number of nitrogens with zero attached hydrogens (tertiary/aromatic N) is 4. The molecule has 2 aromatic carbocycles. The zero-order valence-electron chi connectivity index (χ0n) is 25.9. The molecule has 4 heterocycles. The maximum atomic E-state index is 12.7. The lowest BCUT2D eigenvalue weighted by atomic mass is 9.97. The second-order valence-electron chi connectivity index (χ2n) is 11.3. The van der Waals surface area contributed by atoms with Crippen LogP contribution in [0.5, 0.6) is 5.88 Å². The molecule has 0 bridgehead atoms. The number of nitrogens with one attached hydrogen (secondary N) is 1. The van der Waals surface area contributed by atoms with E-state index >= 15 is 0 Å². The zero-order chi connectivity index (χ0) is 34.1. The first-order chi connectivity index (χ1) is 23.1. The number of fused-ring (bicyclic) bond motifs is 1. The molecule has 1 fully saturated rings. The van der Waals surface area contributed by atoms with Crippen molar-refractivity contribution in [3.63, 3.8) is 0 Å². The lowest BCUT2D eigenvalue weighted by molar-refractivity contribution is -0.119. The van der Waals surface area contributed by atoms with Crippen molar-refractivity contribution in [1.82, 2.24) is 24.6 Å². The van der Waals surface area contributed by atoms with Crippen molar-refractivity contribution in [2.24, 2.45) is 0 Å². The molecule has 48 heavy (non-hydrogen) atoms. The Balaban J connectivity index is 1.33. The lowest BCUT2D eigenvalue weighted by Gasteiger charge is -2.23. The molecule has 13 heteroatoms. The maximum absolute atomic E-state index is 12.7. The molecule has 6 rings (SSSR count). The first-order valence-corrected chi connectivity index (χ1v) is 15.7. The second-order valence-corrected chi connectivity index (χ2v) is 12.1. The molecular formula is C35H29Cl2N5O6. The number of methoxy groups -OCH3 is 1. The molecule has 1 aliphatic rings. The largest absolute Gasteiger partial charge is 0.481 e. The van der Waals surface area contributed by atoms with Crippen molar-refractivity contribution >= 4 is 47.1 Å². The van der Waals surface area contributed by atoms with Gasteiger partial charge in [0.2, 0.25) is 11.8 Å². The fraction of sp³-hybridized carbons (Fsp3) is 0.200. The van der Waals surface area contributed by atoms with Crippen LogP contribution in [0.2, 0.25) is 10.0 Å². The number of ether oxygens (including phenoxy) is 1. The van der Waals surface area contributed by atoms with Crippen LogP contribution in [0.15, 0.2) is 71.7 Å². The summed E-state index contributed by atoms with van der Waals surface area (Å²) in [5.74, 6) is 0.158. The molecule has 0 aliphatic carbocycles. The fourth-order valence-electron chi connectivity index (χ4n) is 5.88. The van der Waals surface area contributed by atoms with Crippen molar-refractivity contribution in [3.8, 4) is 39.4 Å². The Hall–Kier alpha value is -5.26. The first kappa shape index (κ1) is 32.7. The normalized spacial score (nSPS) is 14.2. The number of aryl methyl sites for hydroxylation is 1. The van der Waals surface area contributed by atoms with Gasteiger partial charge in [-0.1, -0.05) is 59.6 Å². The summed E-state index contributed by atoms with van der Waals surface area (Å²) in [6, 6.07) is 17.8. The third-order valence-corrected chi connectivity index (χ3v) is 9.15. The molecule has 244 valence electrons. The van der Waals surface area contributed by atoms with E-state index in [1.165, 1.54) is 16.4 Å². The van der Waals surface area contributed by atoms with Gasteiger partial charge in [-0.3, -0.25) is 18.8 Å². The summed E-state index contributed by atoms with van der Waals surface area (Å²) < 4.78 is 6.88. The number of halogens is 2. The third kappa shape index (κ3) is 6.22. The quantitative estimate of drug-likeness (QED) is 0.173. The molecule has 1 unspecified atom stereocenters. The number of carboxylic acid groups (broad SMARTS) is 1. The molecule has 11 nitrogen and oxygen atoms in total. The van der Waals surface area contributed by atoms with Gasteiger partial charge in [-0.2, -0.15) is 0 Å². The highest BCUT2D eigenvalue weighted by atomic mass is 35.5. The van der Waals surface area contributed by atoms with E-state index in [2.05, 4.69) is 15.3 Å². The van der Waals surface area contributed by atoms with E-state index in [1.54, 1.807) is 37.4 Å². The van der Waals surface area contributed by atoms with Crippen molar-refractivity contribution in [3.05, 3.63) is 104 Å². The average Bonchev–Trinajstić information content (AvgIpc) is 3.49. The van der Waals surface area contributed by atoms with Gasteiger partial charge >= 0.3 is 6.09 Å². The van der Waals surface area contributed by atoms with Gasteiger partial charge in [-0.15, -0.1) is 0 Å². The van der Waals surface area contributed by atoms with Gasteiger partial charge in [-0.05, 0) is 43.2 Å². The number of pyridine rings is 2. The minimum atomic E-state index is -1.12. The fourth-order valence-corrected chi connectivity index (χ4v) is 6.54. The minimum Gasteiger partial charge on any atom is -0.481 e. The van der Waals surface area contributed by atoms with Crippen molar-refractivity contribution in [2.75, 3.05) is 13.7 Å². The van der Waals surface area contributed by atoms with Gasteiger partial charge in [0.1, 0.15) is 11.2 Å². The lowest BCUT2D eigenvalue weighted by Crippen LogP contribution is -2.41. The molecule has 1 saturated heterocycles. The summed E-state index contributed by atoms with van der Waals surface area (Å²) in [6.45, 7) is 1.78. The van der Waals surface area contributed by atoms with Crippen LogP contribution in [-0.2, 0) is 11.3 Å². The van der Waals surface area contributed by atoms with Crippen LogP contribution in [0.3, 0.4) is 0 Å². The van der Waals surface area contributed by atoms with E-state index in [-0.39, 0.29) is 36.5 Å². The molecule has 2 amide bonds. The topological polar surface area (TPSA) is 143 Å². The summed E-state index contributed by atoms with van der Waals surface area (Å²) in [6.07, 6.45) is 1.90. The predicted molar refractivity (Wildman–Crippen MR) is 182 cm³/mol. The number of hydrogen-bond donors (Lipinski definition) is 2. The Bertz CT molecular complexity index is 2170. The second kappa shape index (κ2) is 13.5. The van der Waals surface area contributed by atoms with Gasteiger partial charge in [-0.25, -0.2) is 14.8 Å². The van der Waals surface area contributed by atoms with E-state index in [0.29, 0.717) is 79.6 Å². The number of benzene rings is 2. The highest BCUT2D eigenvalue weighted by Gasteiger charge is 2.26. The summed E-state index contributed by atoms with van der Waals surface area (Å²) in [5.41, 5.74) is 4.68. The van der Waals surface area contributed by atoms with Gasteiger partial charge in [0.05, 0.1) is 35.1 Å². The van der Waals surface area contributed by atoms with E-state index in [1.807, 2.05) is 36.4 Å². The number of aromatic nitrogens is 3. The molecule has 0 saturated carbocycles. The number of carbonyl (C=O) groups excluding carboxylic acids is 2. The van der Waals surface area contributed by atoms with Crippen LogP contribution in [0.25, 0.3) is 39.2 Å². The van der Waals surface area contributed by atoms with Crippen molar-refractivity contribution in [2.45, 2.75) is 32.4 Å². The molecule has 1 aliphatic heterocycles. The smallest absolute Gasteiger partial charge is 0.407 e. The Labute approximate surface area is 284 Å². The van der Waals surface area contributed by atoms with E-state index in [9.17, 15) is 24.3 Å². The van der Waals surface area contributed by atoms with E-state index < -0.39 is 11.7 Å². The van der Waals surface area contributed by atoms with Crippen LogP contribution < -0.4 is 15.6 Å². The number of amides is 2. The van der Waals surface area contributed by atoms with Crippen LogP contribution in [0.4, 0.5) is 4.79 Å². The zero-order valence-corrected chi connectivity index (χ0v) is 27.4. The van der Waals surface area contributed by atoms with Gasteiger partial charge in [0.25, 0.3) is 5.56 Å². The maximum Gasteiger partial charge on any atom is 0.407 e. The highest BCUT2D eigenvalue weighted by molar-refractivity contribution is 6.39. The van der Waals surface area contributed by atoms with Crippen LogP contribution in [0, 0.1) is 6.92 Å². The Morgan fingerprint density at radius 1 is 1.04 bits per heavy atom. The standard InChI is InChI=1S/C35H29Cl2N5O6/c1-19-27(18-43)34(45)42-14-13-20(15-29(42)38-19)23-5-3-6-24(31(23)36)25-7-4-8-26(32(25)37)28-11-9-21(33(40-28)48-2)16-41(35(46)47)17-22-10-12-30(44)39-22/h3-9,11,13-15,18,22H,10,12,16-17H2,1-2H3,(H,39,44)(H,46,47). The van der Waals surface area contributed by atoms with Gasteiger partial charge < -0.3 is 20.1 Å². The highest BCUT2D eigenvalue weighted by Crippen LogP contribution is 2.42. The molecule has 5 aromatic rings. The molecule has 0 spiro atoms. The number of carbonyl (C=O) groups is 3. The summed E-state index contributed by atoms with van der Waals surface area (Å²) in [5, 5.41) is 13.5. The predicted octanol–water partition coefficient (Wildman–Crippen LogP) is 6.29. The third-order valence-electron chi connectivity index (χ3n) is 8.34. The molecule has 0 radical (unpaired) electrons. The number of hydrogen-bond acceptors (Lipinski definition) is 7. The summed E-state index contributed by atoms with van der Waals surface area (Å²) >= 11 is 14.0. The first-order valence-electron chi connectivity index (χ1n) is 15.0. The number of aldehydes is 1. The SMILES string of the molecule is COc1nc(-c2cccc(-c3cccc(-c4ccn5c(=O)c(C=O)c(C)nc5c4)c3Cl)c2Cl)ccc1CN(CC1CCC(=O)N1)C(=O)O. The molecule has 2 N–H and O–H groups in total. The van der Waals surface area contributed by atoms with Crippen LogP contribution in [0.1, 0.15) is 34.5 Å². The van der Waals surface area contributed by atoms with Crippen LogP contribution in [-0.4, -0.2) is 62.4 Å². The van der Waals surface area contributed by atoms with Gasteiger partial charge in [0, 0.05) is 53.0 Å². The van der Waals surface area contributed by atoms with Crippen LogP contribution >= 0.6 is 23.2 Å². The minimum absolute atomic E-state index is 0.00870. The van der Waals surface area contributed by atoms with Crippen molar-refractivity contribution in [1.29, 1.82) is 0 Å². The van der Waals surface area contributed by atoms with Gasteiger partial charge in [0.15, 0.2) is 6.29 Å². The Kier molecular flexibility index (Phi) is 9.16. The molecule has 3 aromatic heterocycles. The van der Waals surface area contributed by atoms with E-state index in [4.69, 9.17) is 27.9 Å². The number of rotatable bonds is 9. The van der Waals surface area contributed by atoms with Crippen molar-refractivity contribution < 1.29 is 24.2 Å². The summed E-state index contributed by atoms with van der Waals surface area (Å²) in [7, 11) is 1.46. The summed E-state index contributed by atoms with van der Waals surface area (Å²) in [4.78, 5) is 58.1. The Morgan fingerprint density at radius 3 is 2.38 bits per heavy atom. The monoisotopic (exact) mass is 685 g/mol. The average molecular weight is 687 g/mol. The Morgan fingerprint density at radius 2 is 1.73 bits per heavy atom. The van der Waals surface area contributed by atoms with E-state index in [0.717, 1.165) is 0 Å².